The Bertz CT molecular complexity index is 184. The van der Waals surface area contributed by atoms with Crippen LogP contribution in [0.5, 0.6) is 0 Å². The molecule has 0 spiro atoms. The lowest BCUT2D eigenvalue weighted by atomic mass is 9.80. The van der Waals surface area contributed by atoms with Crippen LogP contribution in [-0.4, -0.2) is 29.6 Å². The summed E-state index contributed by atoms with van der Waals surface area (Å²) in [5.41, 5.74) is -1.85. The van der Waals surface area contributed by atoms with Crippen molar-refractivity contribution in [2.45, 2.75) is 52.5 Å². The largest absolute Gasteiger partial charge is 0.411 e. The van der Waals surface area contributed by atoms with E-state index in [-0.39, 0.29) is 0 Å². The van der Waals surface area contributed by atoms with Gasteiger partial charge in [0.1, 0.15) is 6.61 Å². The molecule has 0 aliphatic carbocycles. The Morgan fingerprint density at radius 1 is 1.07 bits per heavy atom. The lowest BCUT2D eigenvalue weighted by Gasteiger charge is -2.39. The van der Waals surface area contributed by atoms with Crippen LogP contribution in [0.25, 0.3) is 0 Å². The Labute approximate surface area is 88.4 Å². The molecule has 0 rings (SSSR count). The summed E-state index contributed by atoms with van der Waals surface area (Å²) in [6, 6.07) is 0. The van der Waals surface area contributed by atoms with Gasteiger partial charge in [-0.2, -0.15) is 13.2 Å². The molecule has 92 valence electrons. The number of aliphatic hydroxyl groups is 1. The maximum Gasteiger partial charge on any atom is 0.411 e. The highest BCUT2D eigenvalue weighted by atomic mass is 19.4. The lowest BCUT2D eigenvalue weighted by molar-refractivity contribution is -0.220. The predicted molar refractivity (Wildman–Crippen MR) is 51.5 cm³/mol. The fourth-order valence-corrected chi connectivity index (χ4v) is 1.69. The van der Waals surface area contributed by atoms with E-state index in [1.54, 1.807) is 20.8 Å². The second-order valence-corrected chi connectivity index (χ2v) is 5.33. The van der Waals surface area contributed by atoms with E-state index < -0.39 is 29.9 Å². The topological polar surface area (TPSA) is 29.5 Å². The van der Waals surface area contributed by atoms with E-state index in [0.717, 1.165) is 0 Å². The predicted octanol–water partition coefficient (Wildman–Crippen LogP) is 2.75. The summed E-state index contributed by atoms with van der Waals surface area (Å²) in [5.74, 6) is 0. The molecule has 0 amide bonds. The van der Waals surface area contributed by atoms with Crippen LogP contribution in [0.3, 0.4) is 0 Å². The normalized spacial score (nSPS) is 16.6. The van der Waals surface area contributed by atoms with Crippen molar-refractivity contribution in [2.75, 3.05) is 6.61 Å². The Morgan fingerprint density at radius 2 is 1.47 bits per heavy atom. The van der Waals surface area contributed by atoms with Gasteiger partial charge in [0.05, 0.1) is 11.7 Å². The summed E-state index contributed by atoms with van der Waals surface area (Å²) < 4.78 is 40.7. The highest BCUT2D eigenvalue weighted by molar-refractivity contribution is 4.88. The molecule has 0 heterocycles. The van der Waals surface area contributed by atoms with Gasteiger partial charge < -0.3 is 9.84 Å². The van der Waals surface area contributed by atoms with E-state index in [9.17, 15) is 18.3 Å². The van der Waals surface area contributed by atoms with Gasteiger partial charge in [-0.1, -0.05) is 20.8 Å². The monoisotopic (exact) mass is 228 g/mol. The van der Waals surface area contributed by atoms with E-state index in [0.29, 0.717) is 0 Å². The third-order valence-corrected chi connectivity index (χ3v) is 1.84. The fraction of sp³-hybridized carbons (Fsp3) is 1.00. The molecule has 0 aromatic heterocycles. The molecule has 5 heteroatoms. The van der Waals surface area contributed by atoms with Crippen molar-refractivity contribution in [3.63, 3.8) is 0 Å². The second kappa shape index (κ2) is 4.29. The first kappa shape index (κ1) is 14.7. The molecule has 0 saturated heterocycles. The molecule has 2 nitrogen and oxygen atoms in total. The highest BCUT2D eigenvalue weighted by Gasteiger charge is 2.40. The molecule has 0 aliphatic rings. The van der Waals surface area contributed by atoms with Crippen molar-refractivity contribution in [3.8, 4) is 0 Å². The Hall–Kier alpha value is -0.290. The Balaban J connectivity index is 4.56. The Kier molecular flexibility index (Phi) is 4.21. The van der Waals surface area contributed by atoms with E-state index in [1.165, 1.54) is 13.8 Å². The molecule has 0 saturated carbocycles. The zero-order chi connectivity index (χ0) is 12.5. The van der Waals surface area contributed by atoms with E-state index in [4.69, 9.17) is 4.74 Å². The molecular weight excluding hydrogens is 209 g/mol. The summed E-state index contributed by atoms with van der Waals surface area (Å²) in [7, 11) is 0. The molecule has 0 aromatic carbocycles. The van der Waals surface area contributed by atoms with Gasteiger partial charge >= 0.3 is 6.18 Å². The second-order valence-electron chi connectivity index (χ2n) is 5.33. The average molecular weight is 228 g/mol. The number of halogens is 3. The highest BCUT2D eigenvalue weighted by Crippen LogP contribution is 2.32. The zero-order valence-corrected chi connectivity index (χ0v) is 9.77. The molecule has 0 aromatic rings. The molecule has 1 unspecified atom stereocenters. The van der Waals surface area contributed by atoms with Crippen LogP contribution >= 0.6 is 0 Å². The molecule has 15 heavy (non-hydrogen) atoms. The minimum atomic E-state index is -4.37. The number of rotatable bonds is 3. The summed E-state index contributed by atoms with van der Waals surface area (Å²) in [6.45, 7) is 6.74. The van der Waals surface area contributed by atoms with Crippen LogP contribution in [0.2, 0.25) is 0 Å². The lowest BCUT2D eigenvalue weighted by Crippen LogP contribution is -2.48. The minimum absolute atomic E-state index is 0.552. The van der Waals surface area contributed by atoms with Crippen LogP contribution in [0.4, 0.5) is 13.2 Å². The van der Waals surface area contributed by atoms with Gasteiger partial charge in [-0.25, -0.2) is 0 Å². The van der Waals surface area contributed by atoms with Crippen LogP contribution in [0, 0.1) is 5.41 Å². The van der Waals surface area contributed by atoms with Gasteiger partial charge in [0.25, 0.3) is 0 Å². The van der Waals surface area contributed by atoms with Crippen LogP contribution in [0.15, 0.2) is 0 Å². The van der Waals surface area contributed by atoms with Crippen molar-refractivity contribution in [1.29, 1.82) is 0 Å². The average Bonchev–Trinajstić information content (AvgIpc) is 1.75. The molecule has 1 atom stereocenters. The molecule has 0 fully saturated rings. The maximum atomic E-state index is 12.0. The molecule has 1 N–H and O–H groups in total. The fourth-order valence-electron chi connectivity index (χ4n) is 1.69. The van der Waals surface area contributed by atoms with E-state index >= 15 is 0 Å². The van der Waals surface area contributed by atoms with Gasteiger partial charge in [-0.3, -0.25) is 0 Å². The van der Waals surface area contributed by atoms with E-state index in [1.807, 2.05) is 0 Å². The molecule has 0 radical (unpaired) electrons. The zero-order valence-electron chi connectivity index (χ0n) is 9.77. The molecule has 0 bridgehead atoms. The number of ether oxygens (including phenoxy) is 1. The summed E-state index contributed by atoms with van der Waals surface area (Å²) in [4.78, 5) is 0. The summed E-state index contributed by atoms with van der Waals surface area (Å²) in [6.07, 6.45) is -5.24. The van der Waals surface area contributed by atoms with Crippen molar-refractivity contribution in [1.82, 2.24) is 0 Å². The number of hydrogen-bond donors (Lipinski definition) is 1. The summed E-state index contributed by atoms with van der Waals surface area (Å²) in [5, 5.41) is 9.72. The third kappa shape index (κ3) is 5.99. The van der Waals surface area contributed by atoms with Crippen molar-refractivity contribution in [3.05, 3.63) is 0 Å². The standard InChI is InChI=1S/C10H19F3O2/c1-8(2,3)7(9(4,5)14)15-6-10(11,12)13/h7,14H,6H2,1-5H3. The number of alkyl halides is 3. The van der Waals surface area contributed by atoms with Crippen molar-refractivity contribution in [2.24, 2.45) is 5.41 Å². The van der Waals surface area contributed by atoms with Crippen molar-refractivity contribution >= 4 is 0 Å². The number of hydrogen-bond acceptors (Lipinski definition) is 2. The van der Waals surface area contributed by atoms with Gasteiger partial charge in [-0.15, -0.1) is 0 Å². The first-order valence-corrected chi connectivity index (χ1v) is 4.75. The Morgan fingerprint density at radius 3 is 1.67 bits per heavy atom. The van der Waals surface area contributed by atoms with Crippen LogP contribution < -0.4 is 0 Å². The van der Waals surface area contributed by atoms with Gasteiger partial charge in [0, 0.05) is 0 Å². The smallest absolute Gasteiger partial charge is 0.388 e. The SMILES string of the molecule is CC(C)(C)C(OCC(F)(F)F)C(C)(C)O. The summed E-state index contributed by atoms with van der Waals surface area (Å²) >= 11 is 0. The molecule has 0 aliphatic heterocycles. The van der Waals surface area contributed by atoms with Crippen molar-refractivity contribution < 1.29 is 23.0 Å². The first-order chi connectivity index (χ1) is 6.34. The van der Waals surface area contributed by atoms with E-state index in [2.05, 4.69) is 0 Å². The van der Waals surface area contributed by atoms with Crippen LogP contribution in [0.1, 0.15) is 34.6 Å². The molecular formula is C10H19F3O2. The van der Waals surface area contributed by atoms with Gasteiger partial charge in [0.15, 0.2) is 0 Å². The first-order valence-electron chi connectivity index (χ1n) is 4.75. The maximum absolute atomic E-state index is 12.0. The van der Waals surface area contributed by atoms with Gasteiger partial charge in [-0.05, 0) is 19.3 Å². The van der Waals surface area contributed by atoms with Crippen LogP contribution in [-0.2, 0) is 4.74 Å². The minimum Gasteiger partial charge on any atom is -0.388 e. The third-order valence-electron chi connectivity index (χ3n) is 1.84. The van der Waals surface area contributed by atoms with Gasteiger partial charge in [0.2, 0.25) is 0 Å². The quantitative estimate of drug-likeness (QED) is 0.804.